The average molecular weight is 298 g/mol. The fourth-order valence-electron chi connectivity index (χ4n) is 2.74. The molecule has 0 unspecified atom stereocenters. The Morgan fingerprint density at radius 3 is 2.41 bits per heavy atom. The molecule has 116 valence electrons. The maximum absolute atomic E-state index is 11.1. The highest BCUT2D eigenvalue weighted by molar-refractivity contribution is 5.84. The van der Waals surface area contributed by atoms with Crippen LogP contribution in [-0.4, -0.2) is 24.6 Å². The van der Waals surface area contributed by atoms with Crippen LogP contribution < -0.4 is 4.74 Å². The molecule has 0 amide bonds. The minimum Gasteiger partial charge on any atom is -0.493 e. The molecule has 2 aromatic carbocycles. The second-order valence-electron chi connectivity index (χ2n) is 5.50. The average Bonchev–Trinajstić information content (AvgIpc) is 2.48. The molecule has 0 aliphatic rings. The summed E-state index contributed by atoms with van der Waals surface area (Å²) in [5, 5.41) is 8.82. The zero-order chi connectivity index (χ0) is 16.1. The van der Waals surface area contributed by atoms with Crippen molar-refractivity contribution in [2.45, 2.75) is 27.2 Å². The summed E-state index contributed by atoms with van der Waals surface area (Å²) >= 11 is 0. The lowest BCUT2D eigenvalue weighted by molar-refractivity contribution is 0.112. The molecule has 0 fully saturated rings. The summed E-state index contributed by atoms with van der Waals surface area (Å²) in [5.74, 6) is 0.816. The predicted octanol–water partition coefficient (Wildman–Crippen LogP) is 3.85. The third-order valence-electron chi connectivity index (χ3n) is 3.85. The zero-order valence-corrected chi connectivity index (χ0v) is 13.3. The Morgan fingerprint density at radius 2 is 1.82 bits per heavy atom. The minimum atomic E-state index is 0.133. The van der Waals surface area contributed by atoms with Gasteiger partial charge < -0.3 is 9.84 Å². The third-order valence-corrected chi connectivity index (χ3v) is 3.85. The van der Waals surface area contributed by atoms with Crippen LogP contribution in [0.25, 0.3) is 11.1 Å². The van der Waals surface area contributed by atoms with Crippen molar-refractivity contribution in [2.75, 3.05) is 13.2 Å². The van der Waals surface area contributed by atoms with Crippen molar-refractivity contribution >= 4 is 6.29 Å². The fourth-order valence-corrected chi connectivity index (χ4v) is 2.74. The fraction of sp³-hybridized carbons (Fsp3) is 0.316. The van der Waals surface area contributed by atoms with E-state index >= 15 is 0 Å². The molecule has 2 rings (SSSR count). The molecule has 0 saturated heterocycles. The number of aliphatic hydroxyl groups is 1. The Labute approximate surface area is 131 Å². The first-order valence-corrected chi connectivity index (χ1v) is 7.48. The molecule has 0 atom stereocenters. The number of aliphatic hydroxyl groups excluding tert-OH is 1. The lowest BCUT2D eigenvalue weighted by Crippen LogP contribution is -2.01. The highest BCUT2D eigenvalue weighted by Gasteiger charge is 2.12. The summed E-state index contributed by atoms with van der Waals surface area (Å²) in [6.07, 6.45) is 1.52. The molecule has 0 aromatic heterocycles. The van der Waals surface area contributed by atoms with Crippen LogP contribution in [0.2, 0.25) is 0 Å². The number of rotatable bonds is 6. The summed E-state index contributed by atoms with van der Waals surface area (Å²) in [5.41, 5.74) is 6.18. The van der Waals surface area contributed by atoms with Gasteiger partial charge in [0.25, 0.3) is 0 Å². The first kappa shape index (κ1) is 16.2. The Bertz CT molecular complexity index is 651. The van der Waals surface area contributed by atoms with Crippen molar-refractivity contribution in [1.82, 2.24) is 0 Å². The van der Waals surface area contributed by atoms with Crippen molar-refractivity contribution in [1.29, 1.82) is 0 Å². The minimum absolute atomic E-state index is 0.133. The summed E-state index contributed by atoms with van der Waals surface area (Å²) in [6, 6.07) is 9.81. The van der Waals surface area contributed by atoms with Crippen LogP contribution in [0.5, 0.6) is 5.75 Å². The first-order valence-electron chi connectivity index (χ1n) is 7.48. The monoisotopic (exact) mass is 298 g/mol. The number of hydrogen-bond acceptors (Lipinski definition) is 3. The van der Waals surface area contributed by atoms with E-state index in [4.69, 9.17) is 9.84 Å². The van der Waals surface area contributed by atoms with Gasteiger partial charge in [-0.05, 0) is 60.7 Å². The van der Waals surface area contributed by atoms with E-state index in [1.54, 1.807) is 0 Å². The predicted molar refractivity (Wildman–Crippen MR) is 88.7 cm³/mol. The van der Waals surface area contributed by atoms with E-state index in [2.05, 4.69) is 0 Å². The molecule has 2 aromatic rings. The molecule has 0 heterocycles. The summed E-state index contributed by atoms with van der Waals surface area (Å²) in [6.45, 7) is 6.72. The van der Waals surface area contributed by atoms with Gasteiger partial charge in [0.2, 0.25) is 0 Å². The smallest absolute Gasteiger partial charge is 0.150 e. The molecular weight excluding hydrogens is 276 g/mol. The van der Waals surface area contributed by atoms with Crippen LogP contribution in [0.3, 0.4) is 0 Å². The van der Waals surface area contributed by atoms with Gasteiger partial charge in [0.05, 0.1) is 6.61 Å². The first-order chi connectivity index (χ1) is 10.6. The quantitative estimate of drug-likeness (QED) is 0.651. The molecule has 0 saturated carbocycles. The van der Waals surface area contributed by atoms with Crippen molar-refractivity contribution in [2.24, 2.45) is 0 Å². The van der Waals surface area contributed by atoms with E-state index in [0.717, 1.165) is 45.4 Å². The van der Waals surface area contributed by atoms with Crippen LogP contribution in [0, 0.1) is 20.8 Å². The van der Waals surface area contributed by atoms with Gasteiger partial charge in [0.15, 0.2) is 0 Å². The number of aldehydes is 1. The number of benzene rings is 2. The highest BCUT2D eigenvalue weighted by atomic mass is 16.5. The van der Waals surface area contributed by atoms with Gasteiger partial charge in [-0.3, -0.25) is 4.79 Å². The van der Waals surface area contributed by atoms with Crippen molar-refractivity contribution in [3.63, 3.8) is 0 Å². The van der Waals surface area contributed by atoms with Crippen molar-refractivity contribution in [3.05, 3.63) is 52.6 Å². The zero-order valence-electron chi connectivity index (χ0n) is 13.3. The summed E-state index contributed by atoms with van der Waals surface area (Å²) in [7, 11) is 0. The summed E-state index contributed by atoms with van der Waals surface area (Å²) in [4.78, 5) is 11.1. The molecular formula is C19H22O3. The number of carbonyl (C=O) groups excluding carboxylic acids is 1. The van der Waals surface area contributed by atoms with E-state index in [1.165, 1.54) is 0 Å². The van der Waals surface area contributed by atoms with Crippen LogP contribution in [0.15, 0.2) is 30.3 Å². The van der Waals surface area contributed by atoms with Gasteiger partial charge in [0, 0.05) is 18.6 Å². The van der Waals surface area contributed by atoms with Crippen LogP contribution in [0.1, 0.15) is 33.5 Å². The highest BCUT2D eigenvalue weighted by Crippen LogP contribution is 2.33. The number of ether oxygens (including phenoxy) is 1. The number of carbonyl (C=O) groups is 1. The lowest BCUT2D eigenvalue weighted by atomic mass is 9.90. The second kappa shape index (κ2) is 7.23. The molecule has 0 bridgehead atoms. The van der Waals surface area contributed by atoms with E-state index in [-0.39, 0.29) is 6.61 Å². The molecule has 0 spiro atoms. The molecule has 3 heteroatoms. The normalized spacial score (nSPS) is 10.5. The molecule has 22 heavy (non-hydrogen) atoms. The van der Waals surface area contributed by atoms with Gasteiger partial charge in [-0.25, -0.2) is 0 Å². The molecule has 3 nitrogen and oxygen atoms in total. The number of aryl methyl sites for hydroxylation is 2. The largest absolute Gasteiger partial charge is 0.493 e. The molecule has 0 radical (unpaired) electrons. The van der Waals surface area contributed by atoms with E-state index in [1.807, 2.05) is 51.1 Å². The lowest BCUT2D eigenvalue weighted by Gasteiger charge is -2.16. The van der Waals surface area contributed by atoms with Gasteiger partial charge in [-0.2, -0.15) is 0 Å². The Kier molecular flexibility index (Phi) is 5.34. The molecule has 0 aliphatic carbocycles. The van der Waals surface area contributed by atoms with Gasteiger partial charge >= 0.3 is 0 Å². The topological polar surface area (TPSA) is 46.5 Å². The van der Waals surface area contributed by atoms with E-state index in [9.17, 15) is 4.79 Å². The number of hydrogen-bond donors (Lipinski definition) is 1. The maximum atomic E-state index is 11.1. The SMILES string of the molecule is Cc1cc(OCCCO)cc(C)c1-c1cccc(C=O)c1C. The van der Waals surface area contributed by atoms with Crippen molar-refractivity contribution < 1.29 is 14.6 Å². The summed E-state index contributed by atoms with van der Waals surface area (Å²) < 4.78 is 5.66. The van der Waals surface area contributed by atoms with Crippen molar-refractivity contribution in [3.8, 4) is 16.9 Å². The van der Waals surface area contributed by atoms with Crippen LogP contribution >= 0.6 is 0 Å². The van der Waals surface area contributed by atoms with E-state index in [0.29, 0.717) is 13.0 Å². The Hall–Kier alpha value is -2.13. The van der Waals surface area contributed by atoms with Gasteiger partial charge in [0.1, 0.15) is 12.0 Å². The van der Waals surface area contributed by atoms with E-state index < -0.39 is 0 Å². The van der Waals surface area contributed by atoms with Gasteiger partial charge in [-0.1, -0.05) is 18.2 Å². The van der Waals surface area contributed by atoms with Gasteiger partial charge in [-0.15, -0.1) is 0 Å². The second-order valence-corrected chi connectivity index (χ2v) is 5.50. The molecule has 0 aliphatic heterocycles. The standard InChI is InChI=1S/C19H22O3/c1-13-10-17(22-9-5-8-20)11-14(2)19(13)18-7-4-6-16(12-21)15(18)3/h4,6-7,10-12,20H,5,8-9H2,1-3H3. The Morgan fingerprint density at radius 1 is 1.14 bits per heavy atom. The maximum Gasteiger partial charge on any atom is 0.150 e. The Balaban J connectivity index is 2.42. The molecule has 1 N–H and O–H groups in total. The van der Waals surface area contributed by atoms with Crippen LogP contribution in [0.4, 0.5) is 0 Å². The van der Waals surface area contributed by atoms with Crippen LogP contribution in [-0.2, 0) is 0 Å². The third kappa shape index (κ3) is 3.37.